The van der Waals surface area contributed by atoms with Crippen LogP contribution in [0.3, 0.4) is 0 Å². The van der Waals surface area contributed by atoms with Crippen LogP contribution in [0.4, 0.5) is 0 Å². The van der Waals surface area contributed by atoms with Gasteiger partial charge in [0.2, 0.25) is 0 Å². The van der Waals surface area contributed by atoms with Crippen LogP contribution in [-0.2, 0) is 11.2 Å². The third-order valence-electron chi connectivity index (χ3n) is 5.16. The van der Waals surface area contributed by atoms with Gasteiger partial charge < -0.3 is 10.1 Å². The van der Waals surface area contributed by atoms with E-state index in [9.17, 15) is 0 Å². The molecule has 1 N–H and O–H groups in total. The Morgan fingerprint density at radius 2 is 2.20 bits per heavy atom. The lowest BCUT2D eigenvalue weighted by atomic mass is 9.64. The van der Waals surface area contributed by atoms with Gasteiger partial charge >= 0.3 is 0 Å². The number of halogens is 1. The van der Waals surface area contributed by atoms with Crippen LogP contribution in [0.5, 0.6) is 0 Å². The first kappa shape index (κ1) is 14.6. The molecule has 2 aliphatic rings. The average molecular weight is 338 g/mol. The number of nitrogens with one attached hydrogen (secondary N) is 1. The van der Waals surface area contributed by atoms with Crippen LogP contribution in [0.25, 0.3) is 0 Å². The molecule has 0 heterocycles. The van der Waals surface area contributed by atoms with Crippen LogP contribution in [0.2, 0.25) is 0 Å². The molecule has 1 aromatic rings. The summed E-state index contributed by atoms with van der Waals surface area (Å²) in [6.07, 6.45) is 3.94. The summed E-state index contributed by atoms with van der Waals surface area (Å²) in [4.78, 5) is 0. The minimum absolute atomic E-state index is 0.241. The highest BCUT2D eigenvalue weighted by atomic mass is 79.9. The van der Waals surface area contributed by atoms with Crippen LogP contribution < -0.4 is 5.32 Å². The van der Waals surface area contributed by atoms with Gasteiger partial charge in [-0.3, -0.25) is 0 Å². The minimum Gasteiger partial charge on any atom is -0.378 e. The fourth-order valence-corrected chi connectivity index (χ4v) is 4.26. The van der Waals surface area contributed by atoms with E-state index in [4.69, 9.17) is 4.74 Å². The zero-order valence-electron chi connectivity index (χ0n) is 12.6. The Labute approximate surface area is 130 Å². The molecular weight excluding hydrogens is 314 g/mol. The highest BCUT2D eigenvalue weighted by Gasteiger charge is 2.49. The van der Waals surface area contributed by atoms with Gasteiger partial charge in [-0.1, -0.05) is 41.9 Å². The molecule has 110 valence electrons. The fraction of sp³-hybridized carbons (Fsp3) is 0.647. The Balaban J connectivity index is 1.69. The van der Waals surface area contributed by atoms with Gasteiger partial charge in [-0.2, -0.15) is 0 Å². The third-order valence-corrected chi connectivity index (χ3v) is 5.90. The van der Waals surface area contributed by atoms with Crippen molar-refractivity contribution >= 4 is 15.9 Å². The summed E-state index contributed by atoms with van der Waals surface area (Å²) in [7, 11) is 0. The second-order valence-corrected chi connectivity index (χ2v) is 7.47. The molecule has 0 saturated heterocycles. The highest BCUT2D eigenvalue weighted by molar-refractivity contribution is 9.10. The van der Waals surface area contributed by atoms with Gasteiger partial charge in [-0.25, -0.2) is 0 Å². The Morgan fingerprint density at radius 3 is 2.90 bits per heavy atom. The fourth-order valence-electron chi connectivity index (χ4n) is 3.68. The minimum atomic E-state index is 0.241. The monoisotopic (exact) mass is 337 g/mol. The van der Waals surface area contributed by atoms with Crippen molar-refractivity contribution in [1.29, 1.82) is 0 Å². The van der Waals surface area contributed by atoms with Crippen molar-refractivity contribution in [2.75, 3.05) is 6.61 Å². The second-order valence-electron chi connectivity index (χ2n) is 6.62. The summed E-state index contributed by atoms with van der Waals surface area (Å²) in [6.45, 7) is 7.55. The van der Waals surface area contributed by atoms with Crippen molar-refractivity contribution < 1.29 is 4.74 Å². The van der Waals surface area contributed by atoms with Crippen LogP contribution in [0.1, 0.15) is 50.8 Å². The summed E-state index contributed by atoms with van der Waals surface area (Å²) >= 11 is 3.68. The number of hydrogen-bond donors (Lipinski definition) is 1. The maximum Gasteiger partial charge on any atom is 0.0655 e. The Hall–Kier alpha value is -0.380. The quantitative estimate of drug-likeness (QED) is 0.887. The molecule has 1 saturated carbocycles. The van der Waals surface area contributed by atoms with Crippen molar-refractivity contribution in [3.63, 3.8) is 0 Å². The molecule has 2 nitrogen and oxygen atoms in total. The van der Waals surface area contributed by atoms with E-state index < -0.39 is 0 Å². The summed E-state index contributed by atoms with van der Waals surface area (Å²) in [5, 5.41) is 3.88. The highest BCUT2D eigenvalue weighted by Crippen LogP contribution is 2.45. The lowest BCUT2D eigenvalue weighted by molar-refractivity contribution is -0.116. The first-order valence-electron chi connectivity index (χ1n) is 7.69. The maximum absolute atomic E-state index is 5.83. The zero-order chi connectivity index (χ0) is 14.3. The van der Waals surface area contributed by atoms with E-state index in [1.807, 2.05) is 0 Å². The van der Waals surface area contributed by atoms with Crippen molar-refractivity contribution in [2.24, 2.45) is 5.41 Å². The molecule has 0 amide bonds. The molecule has 1 aromatic carbocycles. The molecule has 0 radical (unpaired) electrons. The molecule has 3 unspecified atom stereocenters. The van der Waals surface area contributed by atoms with Gasteiger partial charge in [0.25, 0.3) is 0 Å². The molecule has 2 aliphatic carbocycles. The molecule has 3 heteroatoms. The van der Waals surface area contributed by atoms with E-state index in [-0.39, 0.29) is 5.41 Å². The first-order valence-corrected chi connectivity index (χ1v) is 8.48. The van der Waals surface area contributed by atoms with Crippen LogP contribution >= 0.6 is 15.9 Å². The van der Waals surface area contributed by atoms with Crippen molar-refractivity contribution in [3.05, 3.63) is 33.8 Å². The van der Waals surface area contributed by atoms with Gasteiger partial charge in [0, 0.05) is 28.6 Å². The number of fused-ring (bicyclic) bond motifs is 1. The number of benzene rings is 1. The largest absolute Gasteiger partial charge is 0.378 e. The van der Waals surface area contributed by atoms with Gasteiger partial charge in [-0.15, -0.1) is 0 Å². The molecule has 0 spiro atoms. The van der Waals surface area contributed by atoms with Gasteiger partial charge in [0.1, 0.15) is 0 Å². The Bertz CT molecular complexity index is 500. The smallest absolute Gasteiger partial charge is 0.0655 e. The van der Waals surface area contributed by atoms with E-state index in [2.05, 4.69) is 60.2 Å². The first-order chi connectivity index (χ1) is 9.54. The third kappa shape index (κ3) is 2.34. The molecule has 3 rings (SSSR count). The maximum atomic E-state index is 5.83. The normalized spacial score (nSPS) is 30.9. The van der Waals surface area contributed by atoms with E-state index in [1.54, 1.807) is 0 Å². The van der Waals surface area contributed by atoms with Crippen molar-refractivity contribution in [3.8, 4) is 0 Å². The lowest BCUT2D eigenvalue weighted by Crippen LogP contribution is -2.61. The number of rotatable bonds is 4. The topological polar surface area (TPSA) is 21.3 Å². The molecule has 1 fully saturated rings. The van der Waals surface area contributed by atoms with Gasteiger partial charge in [-0.05, 0) is 43.4 Å². The van der Waals surface area contributed by atoms with Gasteiger partial charge in [0.15, 0.2) is 0 Å². The Morgan fingerprint density at radius 1 is 1.40 bits per heavy atom. The van der Waals surface area contributed by atoms with Crippen molar-refractivity contribution in [1.82, 2.24) is 5.32 Å². The molecule has 0 aromatic heterocycles. The van der Waals surface area contributed by atoms with Gasteiger partial charge in [0.05, 0.1) is 6.10 Å². The second kappa shape index (κ2) is 5.43. The summed E-state index contributed by atoms with van der Waals surface area (Å²) in [5.41, 5.74) is 3.21. The summed E-state index contributed by atoms with van der Waals surface area (Å²) < 4.78 is 7.09. The average Bonchev–Trinajstić information content (AvgIpc) is 2.82. The van der Waals surface area contributed by atoms with E-state index in [0.717, 1.165) is 13.0 Å². The molecule has 0 aliphatic heterocycles. The van der Waals surface area contributed by atoms with E-state index in [1.165, 1.54) is 28.4 Å². The summed E-state index contributed by atoms with van der Waals surface area (Å²) in [5.74, 6) is 0. The number of ether oxygens (including phenoxy) is 1. The van der Waals surface area contributed by atoms with Crippen LogP contribution in [0, 0.1) is 5.41 Å². The van der Waals surface area contributed by atoms with E-state index in [0.29, 0.717) is 18.2 Å². The standard InChI is InChI=1S/C17H24BrNO/c1-4-20-16-10-15(17(16,2)3)19-14-9-8-11-12(14)6-5-7-13(11)18/h5-7,14-16,19H,4,8-10H2,1-3H3. The SMILES string of the molecule is CCOC1CC(NC2CCc3c(Br)cccc32)C1(C)C. The summed E-state index contributed by atoms with van der Waals surface area (Å²) in [6, 6.07) is 7.65. The predicted molar refractivity (Wildman–Crippen MR) is 85.9 cm³/mol. The molecule has 0 bridgehead atoms. The number of hydrogen-bond acceptors (Lipinski definition) is 2. The molecule has 3 atom stereocenters. The lowest BCUT2D eigenvalue weighted by Gasteiger charge is -2.52. The van der Waals surface area contributed by atoms with Crippen molar-refractivity contribution in [2.45, 2.75) is 58.2 Å². The molecular formula is C17H24BrNO. The van der Waals surface area contributed by atoms with E-state index >= 15 is 0 Å². The predicted octanol–water partition coefficient (Wildman–Crippen LogP) is 4.23. The molecule has 20 heavy (non-hydrogen) atoms. The van der Waals surface area contributed by atoms with Crippen LogP contribution in [-0.4, -0.2) is 18.8 Å². The van der Waals surface area contributed by atoms with Crippen LogP contribution in [0.15, 0.2) is 22.7 Å². The zero-order valence-corrected chi connectivity index (χ0v) is 14.2. The Kier molecular flexibility index (Phi) is 3.95.